The predicted octanol–water partition coefficient (Wildman–Crippen LogP) is 10.3. The number of benzene rings is 6. The van der Waals surface area contributed by atoms with Gasteiger partial charge in [0.2, 0.25) is 5.89 Å². The third kappa shape index (κ3) is 5.02. The van der Waals surface area contributed by atoms with Crippen LogP contribution in [0.4, 0.5) is 0 Å². The zero-order valence-corrected chi connectivity index (χ0v) is 25.7. The Morgan fingerprint density at radius 1 is 0.417 bits per heavy atom. The lowest BCUT2D eigenvalue weighted by Crippen LogP contribution is -1.99. The average molecular weight is 618 g/mol. The van der Waals surface area contributed by atoms with E-state index in [1.807, 2.05) is 91.0 Å². The summed E-state index contributed by atoms with van der Waals surface area (Å²) in [6.07, 6.45) is 0. The summed E-state index contributed by atoms with van der Waals surface area (Å²) in [6, 6.07) is 55.2. The maximum atomic E-state index is 6.01. The molecule has 0 fully saturated rings. The molecule has 0 aliphatic heterocycles. The first-order chi connectivity index (χ1) is 23.8. The fourth-order valence-corrected chi connectivity index (χ4v) is 6.09. The number of nitrogens with zero attached hydrogens (tertiary/aromatic N) is 5. The Balaban J connectivity index is 1.11. The molecule has 3 heterocycles. The lowest BCUT2D eigenvalue weighted by Gasteiger charge is -2.12. The van der Waals surface area contributed by atoms with Gasteiger partial charge in [-0.1, -0.05) is 97.1 Å². The predicted molar refractivity (Wildman–Crippen MR) is 191 cm³/mol. The van der Waals surface area contributed by atoms with Gasteiger partial charge in [0, 0.05) is 33.5 Å². The average Bonchev–Trinajstić information content (AvgIpc) is 3.78. The van der Waals surface area contributed by atoms with E-state index in [1.54, 1.807) is 0 Å². The molecule has 6 aromatic carbocycles. The fourth-order valence-electron chi connectivity index (χ4n) is 6.09. The minimum atomic E-state index is 0.598. The molecule has 0 radical (unpaired) electrons. The monoisotopic (exact) mass is 617 g/mol. The van der Waals surface area contributed by atoms with Gasteiger partial charge in [0.25, 0.3) is 0 Å². The van der Waals surface area contributed by atoms with Crippen LogP contribution in [-0.4, -0.2) is 24.5 Å². The first-order valence-electron chi connectivity index (χ1n) is 15.8. The van der Waals surface area contributed by atoms with Crippen molar-refractivity contribution >= 4 is 22.1 Å². The van der Waals surface area contributed by atoms with E-state index in [2.05, 4.69) is 82.3 Å². The number of hydrogen-bond acceptors (Lipinski definition) is 5. The van der Waals surface area contributed by atoms with Crippen molar-refractivity contribution in [1.82, 2.24) is 24.5 Å². The van der Waals surface area contributed by atoms with Crippen molar-refractivity contribution in [2.75, 3.05) is 0 Å². The first-order valence-corrected chi connectivity index (χ1v) is 15.8. The maximum absolute atomic E-state index is 6.01. The summed E-state index contributed by atoms with van der Waals surface area (Å²) >= 11 is 0. The highest BCUT2D eigenvalue weighted by Crippen LogP contribution is 2.33. The minimum Gasteiger partial charge on any atom is -0.436 e. The van der Waals surface area contributed by atoms with Gasteiger partial charge >= 0.3 is 0 Å². The van der Waals surface area contributed by atoms with Gasteiger partial charge in [-0.15, -0.1) is 0 Å². The van der Waals surface area contributed by atoms with Crippen molar-refractivity contribution in [1.29, 1.82) is 0 Å². The summed E-state index contributed by atoms with van der Waals surface area (Å²) in [5.74, 6) is 2.12. The highest BCUT2D eigenvalue weighted by Gasteiger charge is 2.17. The quantitative estimate of drug-likeness (QED) is 0.186. The van der Waals surface area contributed by atoms with E-state index in [1.165, 1.54) is 0 Å². The molecule has 0 atom stereocenters. The number of fused-ring (bicyclic) bond motifs is 2. The van der Waals surface area contributed by atoms with E-state index in [0.29, 0.717) is 11.7 Å². The van der Waals surface area contributed by atoms with Crippen molar-refractivity contribution in [3.05, 3.63) is 164 Å². The zero-order valence-electron chi connectivity index (χ0n) is 25.7. The molecule has 0 N–H and O–H groups in total. The molecular formula is C42H27N5O. The second-order valence-electron chi connectivity index (χ2n) is 11.6. The second-order valence-corrected chi connectivity index (χ2v) is 11.6. The molecule has 0 bridgehead atoms. The topological polar surface area (TPSA) is 69.6 Å². The van der Waals surface area contributed by atoms with Crippen molar-refractivity contribution in [3.63, 3.8) is 0 Å². The number of imidazole rings is 1. The summed E-state index contributed by atoms with van der Waals surface area (Å²) in [5, 5.41) is 0. The molecule has 6 nitrogen and oxygen atoms in total. The second kappa shape index (κ2) is 11.6. The third-order valence-electron chi connectivity index (χ3n) is 8.49. The van der Waals surface area contributed by atoms with Gasteiger partial charge in [-0.05, 0) is 66.7 Å². The lowest BCUT2D eigenvalue weighted by atomic mass is 10.1. The molecule has 0 spiro atoms. The Kier molecular flexibility index (Phi) is 6.68. The summed E-state index contributed by atoms with van der Waals surface area (Å²) in [6.45, 7) is 0. The Labute approximate surface area is 276 Å². The van der Waals surface area contributed by atoms with Gasteiger partial charge in [-0.25, -0.2) is 19.9 Å². The van der Waals surface area contributed by atoms with Crippen molar-refractivity contribution < 1.29 is 4.42 Å². The smallest absolute Gasteiger partial charge is 0.227 e. The Morgan fingerprint density at radius 2 is 0.979 bits per heavy atom. The van der Waals surface area contributed by atoms with Gasteiger partial charge in [0.15, 0.2) is 11.4 Å². The molecule has 0 amide bonds. The number of aromatic nitrogens is 5. The summed E-state index contributed by atoms with van der Waals surface area (Å²) in [5.41, 5.74) is 11.2. The first kappa shape index (κ1) is 27.6. The molecule has 9 aromatic rings. The summed E-state index contributed by atoms with van der Waals surface area (Å²) < 4.78 is 8.21. The minimum absolute atomic E-state index is 0.598. The SMILES string of the molecule is c1ccc(-c2cc(-c3ccccc3)nc(-c3ccc(-n4c(-c5ccc(-c6nc7ccccc7o6)cc5)nc5ccccc54)cc3)n2)cc1. The third-order valence-corrected chi connectivity index (χ3v) is 8.49. The Morgan fingerprint density at radius 3 is 1.65 bits per heavy atom. The van der Waals surface area contributed by atoms with E-state index >= 15 is 0 Å². The highest BCUT2D eigenvalue weighted by molar-refractivity contribution is 5.84. The van der Waals surface area contributed by atoms with Gasteiger partial charge in [-0.2, -0.15) is 0 Å². The number of para-hydroxylation sites is 4. The molecule has 0 saturated heterocycles. The van der Waals surface area contributed by atoms with E-state index in [4.69, 9.17) is 19.4 Å². The van der Waals surface area contributed by atoms with Gasteiger partial charge in [-0.3, -0.25) is 4.57 Å². The molecule has 48 heavy (non-hydrogen) atoms. The van der Waals surface area contributed by atoms with Crippen LogP contribution in [-0.2, 0) is 0 Å². The molecule has 0 unspecified atom stereocenters. The van der Waals surface area contributed by atoms with Gasteiger partial charge < -0.3 is 4.42 Å². The molecule has 3 aromatic heterocycles. The molecule has 226 valence electrons. The van der Waals surface area contributed by atoms with Crippen LogP contribution in [0.25, 0.3) is 84.6 Å². The zero-order chi connectivity index (χ0) is 31.9. The molecular weight excluding hydrogens is 590 g/mol. The van der Waals surface area contributed by atoms with Crippen LogP contribution in [0.2, 0.25) is 0 Å². The summed E-state index contributed by atoms with van der Waals surface area (Å²) in [4.78, 5) is 19.8. The van der Waals surface area contributed by atoms with E-state index < -0.39 is 0 Å². The molecule has 0 aliphatic carbocycles. The molecule has 0 saturated carbocycles. The molecule has 6 heteroatoms. The standard InChI is InChI=1S/C42H27N5O/c1-3-11-28(12-4-1)36-27-37(29-13-5-2-6-14-29)44-40(43-36)30-23-25-33(26-24-30)47-38-17-9-7-15-34(38)45-41(47)31-19-21-32(22-20-31)42-46-35-16-8-10-18-39(35)48-42/h1-27H. The lowest BCUT2D eigenvalue weighted by molar-refractivity contribution is 0.620. The van der Waals surface area contributed by atoms with Crippen LogP contribution in [0.1, 0.15) is 0 Å². The fraction of sp³-hybridized carbons (Fsp3) is 0. The Bertz CT molecular complexity index is 2440. The van der Waals surface area contributed by atoms with Crippen LogP contribution in [0.3, 0.4) is 0 Å². The normalized spacial score (nSPS) is 11.3. The summed E-state index contributed by atoms with van der Waals surface area (Å²) in [7, 11) is 0. The number of oxazole rings is 1. The molecule has 9 rings (SSSR count). The molecule has 0 aliphatic rings. The van der Waals surface area contributed by atoms with Crippen molar-refractivity contribution in [3.8, 4) is 62.4 Å². The Hall–Kier alpha value is -6.66. The van der Waals surface area contributed by atoms with Crippen molar-refractivity contribution in [2.45, 2.75) is 0 Å². The van der Waals surface area contributed by atoms with Gasteiger partial charge in [0.1, 0.15) is 11.3 Å². The van der Waals surface area contributed by atoms with E-state index in [9.17, 15) is 0 Å². The maximum Gasteiger partial charge on any atom is 0.227 e. The van der Waals surface area contributed by atoms with E-state index in [0.717, 1.165) is 72.9 Å². The van der Waals surface area contributed by atoms with Crippen LogP contribution in [0.5, 0.6) is 0 Å². The van der Waals surface area contributed by atoms with Gasteiger partial charge in [0.05, 0.1) is 22.4 Å². The van der Waals surface area contributed by atoms with Crippen LogP contribution in [0.15, 0.2) is 168 Å². The van der Waals surface area contributed by atoms with Crippen molar-refractivity contribution in [2.24, 2.45) is 0 Å². The number of rotatable bonds is 6. The van der Waals surface area contributed by atoms with Crippen LogP contribution >= 0.6 is 0 Å². The number of hydrogen-bond donors (Lipinski definition) is 0. The highest BCUT2D eigenvalue weighted by atomic mass is 16.3. The van der Waals surface area contributed by atoms with Crippen LogP contribution < -0.4 is 0 Å². The van der Waals surface area contributed by atoms with E-state index in [-0.39, 0.29) is 0 Å². The largest absolute Gasteiger partial charge is 0.436 e. The van der Waals surface area contributed by atoms with Crippen LogP contribution in [0, 0.1) is 0 Å².